The minimum absolute atomic E-state index is 0. The van der Waals surface area contributed by atoms with Crippen LogP contribution < -0.4 is 15.5 Å². The summed E-state index contributed by atoms with van der Waals surface area (Å²) >= 11 is 0. The van der Waals surface area contributed by atoms with Gasteiger partial charge < -0.3 is 20.6 Å². The van der Waals surface area contributed by atoms with Crippen LogP contribution in [0.1, 0.15) is 39.0 Å². The minimum Gasteiger partial charge on any atom is -0.388 e. The van der Waals surface area contributed by atoms with Gasteiger partial charge in [-0.3, -0.25) is 4.99 Å². The van der Waals surface area contributed by atoms with Gasteiger partial charge in [0.2, 0.25) is 5.95 Å². The normalized spacial score (nSPS) is 22.6. The smallest absolute Gasteiger partial charge is 0.225 e. The van der Waals surface area contributed by atoms with Gasteiger partial charge in [0.1, 0.15) is 0 Å². The van der Waals surface area contributed by atoms with Crippen molar-refractivity contribution in [3.05, 3.63) is 18.5 Å². The Morgan fingerprint density at radius 1 is 1.36 bits per heavy atom. The van der Waals surface area contributed by atoms with Crippen molar-refractivity contribution >= 4 is 35.9 Å². The average molecular weight is 460 g/mol. The number of hydrogen-bond acceptors (Lipinski definition) is 5. The highest BCUT2D eigenvalue weighted by Gasteiger charge is 2.34. The second-order valence-electron chi connectivity index (χ2n) is 6.75. The molecule has 1 atom stereocenters. The Morgan fingerprint density at radius 3 is 2.76 bits per heavy atom. The summed E-state index contributed by atoms with van der Waals surface area (Å²) in [6, 6.07) is 2.14. The zero-order valence-electron chi connectivity index (χ0n) is 14.8. The summed E-state index contributed by atoms with van der Waals surface area (Å²) < 4.78 is 0. The van der Waals surface area contributed by atoms with Crippen LogP contribution in [0.3, 0.4) is 0 Å². The molecule has 0 aromatic carbocycles. The van der Waals surface area contributed by atoms with Gasteiger partial charge in [-0.2, -0.15) is 0 Å². The molecule has 3 rings (SSSR count). The summed E-state index contributed by atoms with van der Waals surface area (Å²) in [6.07, 6.45) is 8.58. The predicted octanol–water partition coefficient (Wildman–Crippen LogP) is 1.53. The van der Waals surface area contributed by atoms with E-state index < -0.39 is 5.60 Å². The quantitative estimate of drug-likeness (QED) is 0.351. The van der Waals surface area contributed by atoms with E-state index in [1.165, 1.54) is 0 Å². The average Bonchev–Trinajstić information content (AvgIpc) is 2.59. The molecule has 0 bridgehead atoms. The monoisotopic (exact) mass is 460 g/mol. The molecule has 1 saturated heterocycles. The lowest BCUT2D eigenvalue weighted by Gasteiger charge is -2.36. The summed E-state index contributed by atoms with van der Waals surface area (Å²) in [4.78, 5) is 15.5. The Hall–Kier alpha value is -1.16. The van der Waals surface area contributed by atoms with Crippen LogP contribution in [0.15, 0.2) is 23.5 Å². The van der Waals surface area contributed by atoms with Crippen LogP contribution in [0.2, 0.25) is 0 Å². The molecule has 1 aromatic heterocycles. The van der Waals surface area contributed by atoms with Crippen molar-refractivity contribution in [2.24, 2.45) is 4.99 Å². The molecule has 2 heterocycles. The van der Waals surface area contributed by atoms with E-state index >= 15 is 0 Å². The topological polar surface area (TPSA) is 85.7 Å². The van der Waals surface area contributed by atoms with Crippen LogP contribution >= 0.6 is 24.0 Å². The molecule has 7 nitrogen and oxygen atoms in total. The Balaban J connectivity index is 0.00000225. The highest BCUT2D eigenvalue weighted by Crippen LogP contribution is 2.31. The zero-order chi connectivity index (χ0) is 16.8. The molecule has 1 unspecified atom stereocenters. The molecule has 0 radical (unpaired) electrons. The molecule has 1 aromatic rings. The van der Waals surface area contributed by atoms with E-state index in [1.54, 1.807) is 12.4 Å². The van der Waals surface area contributed by atoms with Crippen LogP contribution in [-0.2, 0) is 0 Å². The van der Waals surface area contributed by atoms with Gasteiger partial charge in [-0.05, 0) is 45.1 Å². The van der Waals surface area contributed by atoms with Crippen LogP contribution in [0, 0.1) is 0 Å². The predicted molar refractivity (Wildman–Crippen MR) is 111 cm³/mol. The van der Waals surface area contributed by atoms with Crippen molar-refractivity contribution in [3.63, 3.8) is 0 Å². The molecule has 0 amide bonds. The van der Waals surface area contributed by atoms with Crippen molar-refractivity contribution in [2.45, 2.75) is 50.7 Å². The molecule has 2 aliphatic rings. The van der Waals surface area contributed by atoms with E-state index in [-0.39, 0.29) is 24.0 Å². The van der Waals surface area contributed by atoms with E-state index in [9.17, 15) is 5.11 Å². The molecule has 0 spiro atoms. The molecule has 8 heteroatoms. The number of hydrogen-bond donors (Lipinski definition) is 3. The van der Waals surface area contributed by atoms with Gasteiger partial charge in [-0.25, -0.2) is 9.97 Å². The van der Waals surface area contributed by atoms with Gasteiger partial charge in [-0.1, -0.05) is 0 Å². The number of guanidine groups is 1. The van der Waals surface area contributed by atoms with Gasteiger partial charge in [0.25, 0.3) is 0 Å². The van der Waals surface area contributed by atoms with Crippen LogP contribution in [0.4, 0.5) is 5.95 Å². The maximum Gasteiger partial charge on any atom is 0.225 e. The number of piperidine rings is 1. The number of halogens is 1. The first kappa shape index (κ1) is 20.2. The van der Waals surface area contributed by atoms with Crippen molar-refractivity contribution < 1.29 is 5.11 Å². The Kier molecular flexibility index (Phi) is 7.67. The van der Waals surface area contributed by atoms with Crippen LogP contribution in [0.25, 0.3) is 0 Å². The molecule has 3 N–H and O–H groups in total. The fraction of sp³-hybridized carbons (Fsp3) is 0.706. The van der Waals surface area contributed by atoms with Gasteiger partial charge in [0.15, 0.2) is 5.96 Å². The highest BCUT2D eigenvalue weighted by atomic mass is 127. The fourth-order valence-electron chi connectivity index (χ4n) is 3.21. The lowest BCUT2D eigenvalue weighted by atomic mass is 9.80. The number of rotatable bonds is 5. The number of anilines is 1. The van der Waals surface area contributed by atoms with E-state index in [1.807, 2.05) is 6.07 Å². The summed E-state index contributed by atoms with van der Waals surface area (Å²) in [5.74, 6) is 1.58. The van der Waals surface area contributed by atoms with Crippen molar-refractivity contribution in [3.8, 4) is 0 Å². The standard InChI is InChI=1S/C17H28N6O.HI/c1-2-18-15(21-13-17(24)7-4-8-17)22-14-6-3-11-23(12-14)16-19-9-5-10-20-16;/h5,9-10,14,24H,2-4,6-8,11-13H2,1H3,(H2,18,21,22);1H. The van der Waals surface area contributed by atoms with Crippen LogP contribution in [0.5, 0.6) is 0 Å². The summed E-state index contributed by atoms with van der Waals surface area (Å²) in [6.45, 7) is 5.18. The molecule has 2 fully saturated rings. The first-order valence-electron chi connectivity index (χ1n) is 8.98. The Morgan fingerprint density at radius 2 is 2.12 bits per heavy atom. The van der Waals surface area contributed by atoms with Gasteiger partial charge >= 0.3 is 0 Å². The number of aromatic nitrogens is 2. The number of nitrogens with zero attached hydrogens (tertiary/aromatic N) is 4. The highest BCUT2D eigenvalue weighted by molar-refractivity contribution is 14.0. The SMILES string of the molecule is CCNC(=NCC1(O)CCC1)NC1CCCN(c2ncccn2)C1.I. The lowest BCUT2D eigenvalue weighted by Crippen LogP contribution is -2.52. The second-order valence-corrected chi connectivity index (χ2v) is 6.75. The third kappa shape index (κ3) is 5.67. The Labute approximate surface area is 166 Å². The number of aliphatic imine (C=N–C) groups is 1. The molecule has 1 aliphatic carbocycles. The van der Waals surface area contributed by atoms with Gasteiger partial charge in [-0.15, -0.1) is 24.0 Å². The molecule has 140 valence electrons. The molecule has 1 aliphatic heterocycles. The zero-order valence-corrected chi connectivity index (χ0v) is 17.1. The maximum absolute atomic E-state index is 10.2. The molecular weight excluding hydrogens is 431 g/mol. The van der Waals surface area contributed by atoms with E-state index in [2.05, 4.69) is 37.4 Å². The maximum atomic E-state index is 10.2. The first-order valence-corrected chi connectivity index (χ1v) is 8.98. The molecular formula is C17H29IN6O. The fourth-order valence-corrected chi connectivity index (χ4v) is 3.21. The number of aliphatic hydroxyl groups is 1. The number of nitrogens with one attached hydrogen (secondary N) is 2. The van der Waals surface area contributed by atoms with Crippen molar-refractivity contribution in [1.29, 1.82) is 0 Å². The third-order valence-corrected chi connectivity index (χ3v) is 4.76. The molecule has 1 saturated carbocycles. The largest absolute Gasteiger partial charge is 0.388 e. The third-order valence-electron chi connectivity index (χ3n) is 4.76. The van der Waals surface area contributed by atoms with Gasteiger partial charge in [0.05, 0.1) is 12.1 Å². The summed E-state index contributed by atoms with van der Waals surface area (Å²) in [5.41, 5.74) is -0.584. The Bertz CT molecular complexity index is 551. The summed E-state index contributed by atoms with van der Waals surface area (Å²) in [7, 11) is 0. The van der Waals surface area contributed by atoms with Gasteiger partial charge in [0, 0.05) is 38.1 Å². The summed E-state index contributed by atoms with van der Waals surface area (Å²) in [5, 5.41) is 17.0. The van der Waals surface area contributed by atoms with Crippen molar-refractivity contribution in [2.75, 3.05) is 31.1 Å². The van der Waals surface area contributed by atoms with Crippen LogP contribution in [-0.4, -0.2) is 58.9 Å². The van der Waals surface area contributed by atoms with E-state index in [4.69, 9.17) is 0 Å². The van der Waals surface area contributed by atoms with E-state index in [0.717, 1.165) is 63.6 Å². The molecule has 25 heavy (non-hydrogen) atoms. The first-order chi connectivity index (χ1) is 11.7. The minimum atomic E-state index is -0.584. The van der Waals surface area contributed by atoms with Crippen molar-refractivity contribution in [1.82, 2.24) is 20.6 Å². The second kappa shape index (κ2) is 9.51. The van der Waals surface area contributed by atoms with E-state index in [0.29, 0.717) is 12.6 Å². The lowest BCUT2D eigenvalue weighted by molar-refractivity contribution is -0.0236.